The van der Waals surface area contributed by atoms with E-state index in [2.05, 4.69) is 4.74 Å². The summed E-state index contributed by atoms with van der Waals surface area (Å²) in [5.41, 5.74) is 0. The predicted molar refractivity (Wildman–Crippen MR) is 49.8 cm³/mol. The summed E-state index contributed by atoms with van der Waals surface area (Å²) in [7, 11) is 0. The summed E-state index contributed by atoms with van der Waals surface area (Å²) in [6, 6.07) is 0. The Kier molecular flexibility index (Phi) is 5.05. The highest BCUT2D eigenvalue weighted by Gasteiger charge is 2.32. The fraction of sp³-hybridized carbons (Fsp3) is 0.900. The first-order valence-corrected chi connectivity index (χ1v) is 5.27. The second-order valence-electron chi connectivity index (χ2n) is 3.86. The molecule has 0 atom stereocenters. The quantitative estimate of drug-likeness (QED) is 0.707. The molecule has 0 aliphatic carbocycles. The average molecular weight is 240 g/mol. The fourth-order valence-corrected chi connectivity index (χ4v) is 1.59. The van der Waals surface area contributed by atoms with Crippen molar-refractivity contribution in [1.29, 1.82) is 0 Å². The Morgan fingerprint density at radius 2 is 1.94 bits per heavy atom. The summed E-state index contributed by atoms with van der Waals surface area (Å²) >= 11 is 0. The molecule has 0 bridgehead atoms. The number of carbonyl (C=O) groups is 1. The molecule has 3 nitrogen and oxygen atoms in total. The maximum absolute atomic E-state index is 11.8. The van der Waals surface area contributed by atoms with E-state index in [1.165, 1.54) is 0 Å². The van der Waals surface area contributed by atoms with Crippen molar-refractivity contribution < 1.29 is 27.4 Å². The van der Waals surface area contributed by atoms with E-state index in [0.29, 0.717) is 25.6 Å². The lowest BCUT2D eigenvalue weighted by Crippen LogP contribution is -2.20. The Bertz CT molecular complexity index is 222. The summed E-state index contributed by atoms with van der Waals surface area (Å²) in [5, 5.41) is 0. The summed E-state index contributed by atoms with van der Waals surface area (Å²) in [5.74, 6) is -0.799. The van der Waals surface area contributed by atoms with Gasteiger partial charge in [-0.1, -0.05) is 0 Å². The van der Waals surface area contributed by atoms with Gasteiger partial charge in [-0.15, -0.1) is 0 Å². The van der Waals surface area contributed by atoms with Crippen molar-refractivity contribution in [3.8, 4) is 0 Å². The highest BCUT2D eigenvalue weighted by molar-refractivity contribution is 5.70. The van der Waals surface area contributed by atoms with Crippen molar-refractivity contribution >= 4 is 5.97 Å². The highest BCUT2D eigenvalue weighted by atomic mass is 19.4. The Labute approximate surface area is 91.9 Å². The van der Waals surface area contributed by atoms with Crippen LogP contribution in [0, 0.1) is 5.92 Å². The summed E-state index contributed by atoms with van der Waals surface area (Å²) < 4.78 is 45.0. The standard InChI is InChI=1S/C10H15F3O3/c11-10(12,13)7-9(14)16-6-3-8-1-4-15-5-2-8/h8H,1-7H2. The molecule has 1 fully saturated rings. The molecule has 1 aliphatic rings. The molecule has 1 rings (SSSR count). The van der Waals surface area contributed by atoms with Crippen molar-refractivity contribution in [2.24, 2.45) is 5.92 Å². The Hall–Kier alpha value is -0.780. The number of halogens is 3. The first-order valence-electron chi connectivity index (χ1n) is 5.27. The molecule has 0 aromatic rings. The monoisotopic (exact) mass is 240 g/mol. The molecule has 0 unspecified atom stereocenters. The number of alkyl halides is 3. The number of carbonyl (C=O) groups excluding carboxylic acids is 1. The predicted octanol–water partition coefficient (Wildman–Crippen LogP) is 2.30. The second kappa shape index (κ2) is 6.08. The van der Waals surface area contributed by atoms with E-state index in [1.807, 2.05) is 0 Å². The smallest absolute Gasteiger partial charge is 0.399 e. The van der Waals surface area contributed by atoms with Crippen molar-refractivity contribution in [3.05, 3.63) is 0 Å². The average Bonchev–Trinajstić information content (AvgIpc) is 2.16. The number of ether oxygens (including phenoxy) is 2. The van der Waals surface area contributed by atoms with E-state index in [1.54, 1.807) is 0 Å². The fourth-order valence-electron chi connectivity index (χ4n) is 1.59. The minimum absolute atomic E-state index is 0.0690. The molecule has 94 valence electrons. The van der Waals surface area contributed by atoms with Gasteiger partial charge in [0.1, 0.15) is 6.42 Å². The Morgan fingerprint density at radius 1 is 1.31 bits per heavy atom. The van der Waals surface area contributed by atoms with Gasteiger partial charge in [-0.2, -0.15) is 13.2 Å². The molecule has 6 heteroatoms. The lowest BCUT2D eigenvalue weighted by molar-refractivity contribution is -0.171. The molecule has 0 aromatic carbocycles. The van der Waals surface area contributed by atoms with Crippen LogP contribution in [0.2, 0.25) is 0 Å². The molecular weight excluding hydrogens is 225 g/mol. The van der Waals surface area contributed by atoms with Gasteiger partial charge in [0.25, 0.3) is 0 Å². The van der Waals surface area contributed by atoms with Gasteiger partial charge in [-0.05, 0) is 25.2 Å². The van der Waals surface area contributed by atoms with Crippen molar-refractivity contribution in [1.82, 2.24) is 0 Å². The van der Waals surface area contributed by atoms with Crippen molar-refractivity contribution in [2.75, 3.05) is 19.8 Å². The molecule has 1 saturated heterocycles. The first-order chi connectivity index (χ1) is 7.47. The lowest BCUT2D eigenvalue weighted by atomic mass is 9.97. The van der Waals surface area contributed by atoms with E-state index >= 15 is 0 Å². The van der Waals surface area contributed by atoms with Crippen LogP contribution in [-0.4, -0.2) is 32.0 Å². The van der Waals surface area contributed by atoms with Gasteiger partial charge >= 0.3 is 12.1 Å². The van der Waals surface area contributed by atoms with E-state index in [9.17, 15) is 18.0 Å². The number of hydrogen-bond acceptors (Lipinski definition) is 3. The van der Waals surface area contributed by atoms with Crippen LogP contribution >= 0.6 is 0 Å². The molecule has 0 radical (unpaired) electrons. The van der Waals surface area contributed by atoms with E-state index in [0.717, 1.165) is 12.8 Å². The minimum atomic E-state index is -4.48. The van der Waals surface area contributed by atoms with Gasteiger partial charge in [0.05, 0.1) is 6.61 Å². The summed E-state index contributed by atoms with van der Waals surface area (Å²) in [4.78, 5) is 10.7. The van der Waals surface area contributed by atoms with Gasteiger partial charge in [-0.25, -0.2) is 0 Å². The molecule has 16 heavy (non-hydrogen) atoms. The van der Waals surface area contributed by atoms with E-state index in [-0.39, 0.29) is 6.61 Å². The molecule has 1 heterocycles. The third-order valence-corrected chi connectivity index (χ3v) is 2.47. The molecule has 0 saturated carbocycles. The van der Waals surface area contributed by atoms with Gasteiger partial charge in [-0.3, -0.25) is 4.79 Å². The van der Waals surface area contributed by atoms with Crippen LogP contribution in [0.25, 0.3) is 0 Å². The molecule has 1 aliphatic heterocycles. The normalized spacial score (nSPS) is 18.4. The van der Waals surface area contributed by atoms with Crippen LogP contribution in [0.4, 0.5) is 13.2 Å². The van der Waals surface area contributed by atoms with Gasteiger partial charge in [0.2, 0.25) is 0 Å². The first kappa shape index (κ1) is 13.3. The summed E-state index contributed by atoms with van der Waals surface area (Å²) in [6.07, 6.45) is -3.59. The third kappa shape index (κ3) is 5.95. The van der Waals surface area contributed by atoms with E-state index in [4.69, 9.17) is 4.74 Å². The van der Waals surface area contributed by atoms with Crippen LogP contribution in [0.1, 0.15) is 25.7 Å². The van der Waals surface area contributed by atoms with E-state index < -0.39 is 18.6 Å². The van der Waals surface area contributed by atoms with Crippen LogP contribution < -0.4 is 0 Å². The molecule has 0 aromatic heterocycles. The van der Waals surface area contributed by atoms with Crippen molar-refractivity contribution in [2.45, 2.75) is 31.9 Å². The molecular formula is C10H15F3O3. The largest absolute Gasteiger partial charge is 0.465 e. The van der Waals surface area contributed by atoms with Crippen LogP contribution in [0.5, 0.6) is 0 Å². The summed E-state index contributed by atoms with van der Waals surface area (Å²) in [6.45, 7) is 1.43. The number of esters is 1. The Balaban J connectivity index is 2.08. The molecule has 0 amide bonds. The molecule has 0 spiro atoms. The topological polar surface area (TPSA) is 35.5 Å². The Morgan fingerprint density at radius 3 is 2.50 bits per heavy atom. The van der Waals surface area contributed by atoms with Gasteiger partial charge < -0.3 is 9.47 Å². The second-order valence-corrected chi connectivity index (χ2v) is 3.86. The third-order valence-electron chi connectivity index (χ3n) is 2.47. The highest BCUT2D eigenvalue weighted by Crippen LogP contribution is 2.21. The SMILES string of the molecule is O=C(CC(F)(F)F)OCCC1CCOCC1. The zero-order chi connectivity index (χ0) is 12.0. The lowest BCUT2D eigenvalue weighted by Gasteiger charge is -2.21. The van der Waals surface area contributed by atoms with Crippen LogP contribution in [0.3, 0.4) is 0 Å². The zero-order valence-electron chi connectivity index (χ0n) is 8.89. The number of hydrogen-bond donors (Lipinski definition) is 0. The molecule has 0 N–H and O–H groups in total. The van der Waals surface area contributed by atoms with Crippen LogP contribution in [0.15, 0.2) is 0 Å². The van der Waals surface area contributed by atoms with Crippen LogP contribution in [-0.2, 0) is 14.3 Å². The maximum atomic E-state index is 11.8. The van der Waals surface area contributed by atoms with Gasteiger partial charge in [0, 0.05) is 13.2 Å². The maximum Gasteiger partial charge on any atom is 0.399 e. The van der Waals surface area contributed by atoms with Crippen molar-refractivity contribution in [3.63, 3.8) is 0 Å². The van der Waals surface area contributed by atoms with Gasteiger partial charge in [0.15, 0.2) is 0 Å². The number of rotatable bonds is 4. The zero-order valence-corrected chi connectivity index (χ0v) is 8.89. The minimum Gasteiger partial charge on any atom is -0.465 e.